The van der Waals surface area contributed by atoms with Crippen LogP contribution in [0, 0.1) is 5.92 Å². The Hall–Kier alpha value is -1.88. The molecule has 1 fully saturated rings. The number of nitrogens with one attached hydrogen (secondary N) is 1. The number of hydrogen-bond acceptors (Lipinski definition) is 4. The van der Waals surface area contributed by atoms with Gasteiger partial charge in [-0.1, -0.05) is 26.8 Å². The van der Waals surface area contributed by atoms with Crippen LogP contribution in [-0.2, 0) is 21.5 Å². The standard InChI is InChI=1S/C19H26N2O3/c1-19(2,3)14-6-7-16-15(10-14)21-18(24-16)11-20-17(22)9-13-5-4-8-23-12-13/h6-7,10,13H,4-5,8-9,11-12H2,1-3H3,(H,20,22). The van der Waals surface area contributed by atoms with Crippen LogP contribution in [0.1, 0.15) is 51.5 Å². The van der Waals surface area contributed by atoms with Crippen molar-refractivity contribution in [2.45, 2.75) is 52.0 Å². The molecule has 24 heavy (non-hydrogen) atoms. The maximum Gasteiger partial charge on any atom is 0.220 e. The Bertz CT molecular complexity index is 709. The summed E-state index contributed by atoms with van der Waals surface area (Å²) in [4.78, 5) is 16.5. The number of oxazole rings is 1. The van der Waals surface area contributed by atoms with E-state index in [4.69, 9.17) is 9.15 Å². The fourth-order valence-corrected chi connectivity index (χ4v) is 2.99. The van der Waals surface area contributed by atoms with Crippen molar-refractivity contribution >= 4 is 17.0 Å². The SMILES string of the molecule is CC(C)(C)c1ccc2oc(CNC(=O)CC3CCCOC3)nc2c1. The summed E-state index contributed by atoms with van der Waals surface area (Å²) in [5.74, 6) is 0.907. The summed E-state index contributed by atoms with van der Waals surface area (Å²) in [6.45, 7) is 8.34. The topological polar surface area (TPSA) is 64.4 Å². The summed E-state index contributed by atoms with van der Waals surface area (Å²) in [5.41, 5.74) is 2.89. The molecule has 0 saturated carbocycles. The van der Waals surface area contributed by atoms with E-state index in [2.05, 4.69) is 43.2 Å². The first-order valence-electron chi connectivity index (χ1n) is 8.66. The molecule has 1 aromatic heterocycles. The van der Waals surface area contributed by atoms with Crippen molar-refractivity contribution in [3.63, 3.8) is 0 Å². The van der Waals surface area contributed by atoms with Crippen molar-refractivity contribution in [1.82, 2.24) is 10.3 Å². The van der Waals surface area contributed by atoms with Gasteiger partial charge in [0.1, 0.15) is 5.52 Å². The van der Waals surface area contributed by atoms with E-state index in [9.17, 15) is 4.79 Å². The molecule has 1 atom stereocenters. The lowest BCUT2D eigenvalue weighted by Crippen LogP contribution is -2.28. The molecule has 2 aromatic rings. The van der Waals surface area contributed by atoms with E-state index in [-0.39, 0.29) is 11.3 Å². The average Bonchev–Trinajstić information content (AvgIpc) is 2.95. The molecule has 5 heteroatoms. The predicted molar refractivity (Wildman–Crippen MR) is 92.7 cm³/mol. The Morgan fingerprint density at radius 1 is 1.38 bits per heavy atom. The molecular formula is C19H26N2O3. The highest BCUT2D eigenvalue weighted by Gasteiger charge is 2.18. The number of nitrogens with zero attached hydrogens (tertiary/aromatic N) is 1. The molecule has 0 spiro atoms. The van der Waals surface area contributed by atoms with E-state index in [0.29, 0.717) is 31.4 Å². The van der Waals surface area contributed by atoms with Crippen molar-refractivity contribution in [2.24, 2.45) is 5.92 Å². The van der Waals surface area contributed by atoms with Gasteiger partial charge in [0.25, 0.3) is 0 Å². The molecule has 5 nitrogen and oxygen atoms in total. The number of carbonyl (C=O) groups is 1. The van der Waals surface area contributed by atoms with Crippen LogP contribution in [0.3, 0.4) is 0 Å². The summed E-state index contributed by atoms with van der Waals surface area (Å²) in [7, 11) is 0. The summed E-state index contributed by atoms with van der Waals surface area (Å²) in [6, 6.07) is 6.08. The van der Waals surface area contributed by atoms with E-state index < -0.39 is 0 Å². The maximum atomic E-state index is 12.0. The van der Waals surface area contributed by atoms with Gasteiger partial charge >= 0.3 is 0 Å². The van der Waals surface area contributed by atoms with Gasteiger partial charge in [-0.15, -0.1) is 0 Å². The van der Waals surface area contributed by atoms with Gasteiger partial charge in [-0.3, -0.25) is 4.79 Å². The lowest BCUT2D eigenvalue weighted by molar-refractivity contribution is -0.123. The second-order valence-corrected chi connectivity index (χ2v) is 7.60. The summed E-state index contributed by atoms with van der Waals surface area (Å²) < 4.78 is 11.1. The molecular weight excluding hydrogens is 304 g/mol. The molecule has 0 radical (unpaired) electrons. The minimum atomic E-state index is 0.0307. The molecule has 1 unspecified atom stereocenters. The zero-order valence-corrected chi connectivity index (χ0v) is 14.7. The molecule has 1 aliphatic heterocycles. The van der Waals surface area contributed by atoms with Crippen LogP contribution in [0.25, 0.3) is 11.1 Å². The van der Waals surface area contributed by atoms with Crippen molar-refractivity contribution < 1.29 is 13.9 Å². The van der Waals surface area contributed by atoms with Crippen molar-refractivity contribution in [1.29, 1.82) is 0 Å². The molecule has 1 aliphatic rings. The lowest BCUT2D eigenvalue weighted by Gasteiger charge is -2.21. The van der Waals surface area contributed by atoms with Gasteiger partial charge in [-0.2, -0.15) is 0 Å². The second-order valence-electron chi connectivity index (χ2n) is 7.60. The smallest absolute Gasteiger partial charge is 0.220 e. The van der Waals surface area contributed by atoms with Gasteiger partial charge in [0.05, 0.1) is 6.54 Å². The first-order valence-corrected chi connectivity index (χ1v) is 8.66. The Morgan fingerprint density at radius 2 is 2.21 bits per heavy atom. The average molecular weight is 330 g/mol. The van der Waals surface area contributed by atoms with E-state index in [0.717, 1.165) is 30.5 Å². The van der Waals surface area contributed by atoms with Gasteiger partial charge in [-0.25, -0.2) is 4.98 Å². The highest BCUT2D eigenvalue weighted by Crippen LogP contribution is 2.26. The van der Waals surface area contributed by atoms with Gasteiger partial charge in [0.15, 0.2) is 5.58 Å². The highest BCUT2D eigenvalue weighted by molar-refractivity contribution is 5.76. The third kappa shape index (κ3) is 4.15. The Labute approximate surface area is 142 Å². The van der Waals surface area contributed by atoms with Crippen LogP contribution in [0.5, 0.6) is 0 Å². The van der Waals surface area contributed by atoms with Crippen LogP contribution < -0.4 is 5.32 Å². The molecule has 130 valence electrons. The molecule has 0 bridgehead atoms. The predicted octanol–water partition coefficient (Wildman–Crippen LogP) is 3.56. The molecule has 3 rings (SSSR count). The Balaban J connectivity index is 1.59. The Kier molecular flexibility index (Phi) is 4.90. The summed E-state index contributed by atoms with van der Waals surface area (Å²) in [5, 5.41) is 2.90. The number of rotatable bonds is 4. The normalized spacial score (nSPS) is 18.7. The zero-order valence-electron chi connectivity index (χ0n) is 14.7. The van der Waals surface area contributed by atoms with Gasteiger partial charge in [0, 0.05) is 19.6 Å². The lowest BCUT2D eigenvalue weighted by atomic mass is 9.87. The largest absolute Gasteiger partial charge is 0.439 e. The number of hydrogen-bond donors (Lipinski definition) is 1. The van der Waals surface area contributed by atoms with Crippen molar-refractivity contribution in [3.05, 3.63) is 29.7 Å². The van der Waals surface area contributed by atoms with Crippen LogP contribution in [0.15, 0.2) is 22.6 Å². The number of fused-ring (bicyclic) bond motifs is 1. The van der Waals surface area contributed by atoms with Gasteiger partial charge < -0.3 is 14.5 Å². The monoisotopic (exact) mass is 330 g/mol. The molecule has 1 amide bonds. The van der Waals surface area contributed by atoms with E-state index in [1.807, 2.05) is 6.07 Å². The first kappa shape index (κ1) is 17.0. The minimum Gasteiger partial charge on any atom is -0.439 e. The van der Waals surface area contributed by atoms with E-state index in [1.165, 1.54) is 5.56 Å². The van der Waals surface area contributed by atoms with Gasteiger partial charge in [0.2, 0.25) is 11.8 Å². The fourth-order valence-electron chi connectivity index (χ4n) is 2.99. The number of benzene rings is 1. The quantitative estimate of drug-likeness (QED) is 0.931. The molecule has 1 N–H and O–H groups in total. The fraction of sp³-hybridized carbons (Fsp3) is 0.579. The van der Waals surface area contributed by atoms with Crippen molar-refractivity contribution in [2.75, 3.05) is 13.2 Å². The number of aromatic nitrogens is 1. The number of ether oxygens (including phenoxy) is 1. The van der Waals surface area contributed by atoms with E-state index in [1.54, 1.807) is 0 Å². The first-order chi connectivity index (χ1) is 11.4. The summed E-state index contributed by atoms with van der Waals surface area (Å²) in [6.07, 6.45) is 2.61. The highest BCUT2D eigenvalue weighted by atomic mass is 16.5. The molecule has 1 aromatic carbocycles. The van der Waals surface area contributed by atoms with Crippen LogP contribution in [0.4, 0.5) is 0 Å². The van der Waals surface area contributed by atoms with Crippen LogP contribution in [-0.4, -0.2) is 24.1 Å². The molecule has 0 aliphatic carbocycles. The second kappa shape index (κ2) is 6.93. The molecule has 2 heterocycles. The number of carbonyl (C=O) groups excluding carboxylic acids is 1. The number of amides is 1. The summed E-state index contributed by atoms with van der Waals surface area (Å²) >= 11 is 0. The maximum absolute atomic E-state index is 12.0. The van der Waals surface area contributed by atoms with E-state index >= 15 is 0 Å². The van der Waals surface area contributed by atoms with Crippen LogP contribution >= 0.6 is 0 Å². The minimum absolute atomic E-state index is 0.0307. The Morgan fingerprint density at radius 3 is 2.92 bits per heavy atom. The van der Waals surface area contributed by atoms with Crippen LogP contribution in [0.2, 0.25) is 0 Å². The third-order valence-corrected chi connectivity index (χ3v) is 4.46. The third-order valence-electron chi connectivity index (χ3n) is 4.46. The zero-order chi connectivity index (χ0) is 17.2. The van der Waals surface area contributed by atoms with Crippen molar-refractivity contribution in [3.8, 4) is 0 Å². The molecule has 1 saturated heterocycles. The van der Waals surface area contributed by atoms with Gasteiger partial charge in [-0.05, 0) is 41.9 Å².